The van der Waals surface area contributed by atoms with E-state index in [2.05, 4.69) is 70.3 Å². The first kappa shape index (κ1) is 14.8. The van der Waals surface area contributed by atoms with Crippen LogP contribution in [0.5, 0.6) is 0 Å². The lowest BCUT2D eigenvalue weighted by Gasteiger charge is -2.01. The Morgan fingerprint density at radius 3 is 2.48 bits per heavy atom. The molecule has 0 amide bonds. The zero-order valence-electron chi connectivity index (χ0n) is 12.2. The second kappa shape index (κ2) is 6.70. The topological polar surface area (TPSA) is 48.9 Å². The standard InChI is InChI=1S/C15H15N2.C2H4O2/c1-16-8-9-17(12-16)11-13-6-7-14-4-2-3-5-15(14)10-13;1-2(3)4/h2-10,12H,11H2,1H3;1H3,(H,3,4)/q+1;/p-1. The molecule has 3 rings (SSSR count). The Labute approximate surface area is 123 Å². The number of carboxylic acid groups (broad SMARTS) is 1. The molecule has 0 radical (unpaired) electrons. The number of aliphatic carboxylic acids is 1. The van der Waals surface area contributed by atoms with Crippen LogP contribution in [0.2, 0.25) is 0 Å². The molecule has 0 spiro atoms. The van der Waals surface area contributed by atoms with E-state index in [9.17, 15) is 0 Å². The quantitative estimate of drug-likeness (QED) is 0.665. The van der Waals surface area contributed by atoms with Gasteiger partial charge >= 0.3 is 0 Å². The average Bonchev–Trinajstić information content (AvgIpc) is 2.83. The summed E-state index contributed by atoms with van der Waals surface area (Å²) in [5, 5.41) is 11.5. The zero-order chi connectivity index (χ0) is 15.2. The number of carbonyl (C=O) groups is 1. The lowest BCUT2D eigenvalue weighted by Crippen LogP contribution is -2.23. The largest absolute Gasteiger partial charge is 0.550 e. The summed E-state index contributed by atoms with van der Waals surface area (Å²) in [6.07, 6.45) is 6.24. The molecular formula is C17H18N2O2. The van der Waals surface area contributed by atoms with Gasteiger partial charge in [0.05, 0.1) is 7.05 Å². The van der Waals surface area contributed by atoms with Gasteiger partial charge in [0.15, 0.2) is 0 Å². The third-order valence-electron chi connectivity index (χ3n) is 3.00. The van der Waals surface area contributed by atoms with Crippen molar-refractivity contribution in [3.8, 4) is 0 Å². The van der Waals surface area contributed by atoms with E-state index >= 15 is 0 Å². The van der Waals surface area contributed by atoms with Crippen molar-refractivity contribution < 1.29 is 14.5 Å². The van der Waals surface area contributed by atoms with Crippen LogP contribution in [0.3, 0.4) is 0 Å². The molecule has 1 aromatic heterocycles. The minimum atomic E-state index is -1.08. The van der Waals surface area contributed by atoms with Crippen molar-refractivity contribution in [3.05, 3.63) is 66.7 Å². The second-order valence-corrected chi connectivity index (χ2v) is 4.92. The third kappa shape index (κ3) is 4.45. The van der Waals surface area contributed by atoms with Gasteiger partial charge in [0.2, 0.25) is 6.33 Å². The molecule has 1 heterocycles. The summed E-state index contributed by atoms with van der Waals surface area (Å²) in [4.78, 5) is 8.89. The fourth-order valence-electron chi connectivity index (χ4n) is 2.14. The lowest BCUT2D eigenvalue weighted by molar-refractivity contribution is -0.671. The van der Waals surface area contributed by atoms with Crippen LogP contribution < -0.4 is 9.67 Å². The van der Waals surface area contributed by atoms with E-state index < -0.39 is 5.97 Å². The average molecular weight is 282 g/mol. The lowest BCUT2D eigenvalue weighted by atomic mass is 10.1. The van der Waals surface area contributed by atoms with Crippen molar-refractivity contribution in [1.82, 2.24) is 4.57 Å². The maximum atomic E-state index is 8.89. The Morgan fingerprint density at radius 1 is 1.19 bits per heavy atom. The maximum absolute atomic E-state index is 8.89. The van der Waals surface area contributed by atoms with E-state index in [0.717, 1.165) is 13.5 Å². The van der Waals surface area contributed by atoms with Crippen LogP contribution in [0.4, 0.5) is 0 Å². The van der Waals surface area contributed by atoms with Crippen LogP contribution in [0.25, 0.3) is 10.8 Å². The summed E-state index contributed by atoms with van der Waals surface area (Å²) in [5.74, 6) is -1.08. The van der Waals surface area contributed by atoms with Gasteiger partial charge in [0.1, 0.15) is 18.9 Å². The fourth-order valence-corrected chi connectivity index (χ4v) is 2.14. The van der Waals surface area contributed by atoms with Gasteiger partial charge in [-0.15, -0.1) is 0 Å². The predicted molar refractivity (Wildman–Crippen MR) is 79.3 cm³/mol. The number of rotatable bonds is 2. The molecule has 3 aromatic rings. The number of aromatic nitrogens is 2. The minimum absolute atomic E-state index is 0.922. The zero-order valence-corrected chi connectivity index (χ0v) is 12.2. The molecule has 0 aliphatic rings. The first-order chi connectivity index (χ1) is 10.0. The van der Waals surface area contributed by atoms with Crippen LogP contribution >= 0.6 is 0 Å². The Morgan fingerprint density at radius 2 is 1.86 bits per heavy atom. The van der Waals surface area contributed by atoms with Gasteiger partial charge in [-0.05, 0) is 29.3 Å². The van der Waals surface area contributed by atoms with Gasteiger partial charge in [0, 0.05) is 5.97 Å². The number of carboxylic acids is 1. The Kier molecular flexibility index (Phi) is 4.72. The first-order valence-electron chi connectivity index (χ1n) is 6.71. The SMILES string of the molecule is CC(=O)[O-].C[n+]1ccn(Cc2ccc3ccccc3c2)c1. The first-order valence-corrected chi connectivity index (χ1v) is 6.71. The molecule has 0 unspecified atom stereocenters. The monoisotopic (exact) mass is 282 g/mol. The van der Waals surface area contributed by atoms with Gasteiger partial charge in [-0.1, -0.05) is 36.4 Å². The third-order valence-corrected chi connectivity index (χ3v) is 3.00. The van der Waals surface area contributed by atoms with Crippen molar-refractivity contribution in [1.29, 1.82) is 0 Å². The summed E-state index contributed by atoms with van der Waals surface area (Å²) in [5.41, 5.74) is 1.33. The molecule has 0 saturated carbocycles. The van der Waals surface area contributed by atoms with Crippen LogP contribution in [0, 0.1) is 0 Å². The summed E-state index contributed by atoms with van der Waals surface area (Å²) < 4.78 is 4.24. The highest BCUT2D eigenvalue weighted by atomic mass is 16.4. The highest BCUT2D eigenvalue weighted by Gasteiger charge is 2.02. The molecule has 4 nitrogen and oxygen atoms in total. The van der Waals surface area contributed by atoms with Gasteiger partial charge in [-0.25, -0.2) is 9.13 Å². The molecule has 0 saturated heterocycles. The number of benzene rings is 2. The number of hydrogen-bond donors (Lipinski definition) is 0. The van der Waals surface area contributed by atoms with Gasteiger partial charge in [-0.2, -0.15) is 0 Å². The number of hydrogen-bond acceptors (Lipinski definition) is 2. The van der Waals surface area contributed by atoms with Gasteiger partial charge in [0.25, 0.3) is 0 Å². The Balaban J connectivity index is 0.000000361. The maximum Gasteiger partial charge on any atom is 0.243 e. The summed E-state index contributed by atoms with van der Waals surface area (Å²) in [7, 11) is 2.04. The highest BCUT2D eigenvalue weighted by Crippen LogP contribution is 2.16. The fraction of sp³-hybridized carbons (Fsp3) is 0.176. The van der Waals surface area contributed by atoms with Crippen LogP contribution in [0.15, 0.2) is 61.2 Å². The summed E-state index contributed by atoms with van der Waals surface area (Å²) >= 11 is 0. The summed E-state index contributed by atoms with van der Waals surface area (Å²) in [6.45, 7) is 1.89. The molecule has 2 aromatic carbocycles. The van der Waals surface area contributed by atoms with E-state index in [0.29, 0.717) is 0 Å². The van der Waals surface area contributed by atoms with Crippen LogP contribution in [-0.2, 0) is 18.4 Å². The van der Waals surface area contributed by atoms with E-state index in [-0.39, 0.29) is 0 Å². The molecule has 0 N–H and O–H groups in total. The number of imidazole rings is 1. The number of carbonyl (C=O) groups excluding carboxylic acids is 1. The molecule has 0 atom stereocenters. The molecule has 4 heteroatoms. The number of aryl methyl sites for hydroxylation is 1. The minimum Gasteiger partial charge on any atom is -0.550 e. The summed E-state index contributed by atoms with van der Waals surface area (Å²) in [6, 6.07) is 15.1. The second-order valence-electron chi connectivity index (χ2n) is 4.92. The van der Waals surface area contributed by atoms with Crippen molar-refractivity contribution in [2.45, 2.75) is 13.5 Å². The number of fused-ring (bicyclic) bond motifs is 1. The van der Waals surface area contributed by atoms with Crippen LogP contribution in [0.1, 0.15) is 12.5 Å². The Bertz CT molecular complexity index is 743. The molecule has 0 bridgehead atoms. The normalized spacial score (nSPS) is 10.0. The van der Waals surface area contributed by atoms with Gasteiger partial charge < -0.3 is 9.90 Å². The molecule has 108 valence electrons. The molecule has 21 heavy (non-hydrogen) atoms. The molecular weight excluding hydrogens is 264 g/mol. The van der Waals surface area contributed by atoms with Crippen LogP contribution in [-0.4, -0.2) is 10.5 Å². The molecule has 0 aliphatic heterocycles. The van der Waals surface area contributed by atoms with E-state index in [1.807, 2.05) is 7.05 Å². The van der Waals surface area contributed by atoms with Crippen molar-refractivity contribution in [2.24, 2.45) is 7.05 Å². The Hall–Kier alpha value is -2.62. The van der Waals surface area contributed by atoms with Crippen molar-refractivity contribution >= 4 is 16.7 Å². The predicted octanol–water partition coefficient (Wildman–Crippen LogP) is 1.27. The van der Waals surface area contributed by atoms with E-state index in [1.165, 1.54) is 16.3 Å². The van der Waals surface area contributed by atoms with Crippen molar-refractivity contribution in [3.63, 3.8) is 0 Å². The van der Waals surface area contributed by atoms with Gasteiger partial charge in [-0.3, -0.25) is 0 Å². The smallest absolute Gasteiger partial charge is 0.243 e. The van der Waals surface area contributed by atoms with E-state index in [4.69, 9.17) is 9.90 Å². The van der Waals surface area contributed by atoms with E-state index in [1.54, 1.807) is 0 Å². The highest BCUT2D eigenvalue weighted by molar-refractivity contribution is 5.82. The molecule has 0 fully saturated rings. The van der Waals surface area contributed by atoms with Crippen molar-refractivity contribution in [2.75, 3.05) is 0 Å². The number of nitrogens with zero attached hydrogens (tertiary/aromatic N) is 2. The molecule has 0 aliphatic carbocycles.